The number of likely N-dealkylation sites (N-methyl/N-ethyl adjacent to an activating group) is 1. The summed E-state index contributed by atoms with van der Waals surface area (Å²) >= 11 is 0. The molecule has 1 saturated heterocycles. The van der Waals surface area contributed by atoms with E-state index in [1.807, 2.05) is 68.6 Å². The Bertz CT molecular complexity index is 1010. The fourth-order valence-electron chi connectivity index (χ4n) is 4.20. The van der Waals surface area contributed by atoms with Gasteiger partial charge in [-0.1, -0.05) is 67.9 Å². The number of carbonyl (C=O) groups excluding carboxylic acids is 1. The average Bonchev–Trinajstić information content (AvgIpc) is 3.25. The first-order valence-electron chi connectivity index (χ1n) is 12.0. The van der Waals surface area contributed by atoms with Crippen molar-refractivity contribution in [2.45, 2.75) is 51.3 Å². The van der Waals surface area contributed by atoms with Crippen LogP contribution < -0.4 is 4.72 Å². The number of nitrogens with zero attached hydrogens (tertiary/aromatic N) is 2. The minimum Gasteiger partial charge on any atom is -0.392 e. The van der Waals surface area contributed by atoms with Crippen molar-refractivity contribution in [1.29, 1.82) is 0 Å². The molecule has 7 nitrogen and oxygen atoms in total. The molecule has 2 N–H and O–H groups in total. The van der Waals surface area contributed by atoms with E-state index in [4.69, 9.17) is 0 Å². The number of amides is 1. The molecule has 34 heavy (non-hydrogen) atoms. The largest absolute Gasteiger partial charge is 0.392 e. The molecule has 3 rings (SSSR count). The van der Waals surface area contributed by atoms with E-state index in [2.05, 4.69) is 9.62 Å². The van der Waals surface area contributed by atoms with Gasteiger partial charge in [-0.25, -0.2) is 13.1 Å². The van der Waals surface area contributed by atoms with Crippen LogP contribution in [0.2, 0.25) is 0 Å². The molecule has 1 amide bonds. The smallest absolute Gasteiger partial charge is 0.227 e. The maximum atomic E-state index is 13.2. The van der Waals surface area contributed by atoms with Crippen LogP contribution >= 0.6 is 0 Å². The molecule has 0 aliphatic carbocycles. The van der Waals surface area contributed by atoms with Crippen LogP contribution in [0.15, 0.2) is 54.6 Å². The van der Waals surface area contributed by atoms with Gasteiger partial charge in [0.25, 0.3) is 0 Å². The number of carbonyl (C=O) groups is 1. The van der Waals surface area contributed by atoms with Crippen LogP contribution in [0.25, 0.3) is 0 Å². The third-order valence-corrected chi connectivity index (χ3v) is 7.78. The first-order chi connectivity index (χ1) is 16.3. The highest BCUT2D eigenvalue weighted by Crippen LogP contribution is 2.24. The summed E-state index contributed by atoms with van der Waals surface area (Å²) in [6, 6.07) is 17.4. The van der Waals surface area contributed by atoms with Gasteiger partial charge in [-0.05, 0) is 29.5 Å². The molecule has 1 fully saturated rings. The van der Waals surface area contributed by atoms with Crippen molar-refractivity contribution in [2.75, 3.05) is 32.4 Å². The van der Waals surface area contributed by atoms with Crippen LogP contribution in [0.3, 0.4) is 0 Å². The molecule has 0 aromatic heterocycles. The number of unbranched alkanes of at least 4 members (excludes halogenated alkanes) is 1. The van der Waals surface area contributed by atoms with Gasteiger partial charge in [-0.15, -0.1) is 0 Å². The van der Waals surface area contributed by atoms with Gasteiger partial charge in [0.2, 0.25) is 15.9 Å². The maximum absolute atomic E-state index is 13.2. The first-order valence-corrected chi connectivity index (χ1v) is 13.7. The fourth-order valence-corrected chi connectivity index (χ4v) is 5.40. The van der Waals surface area contributed by atoms with Crippen LogP contribution in [0, 0.1) is 0 Å². The molecule has 186 valence electrons. The van der Waals surface area contributed by atoms with E-state index >= 15 is 0 Å². The minimum atomic E-state index is -3.26. The zero-order valence-corrected chi connectivity index (χ0v) is 21.0. The van der Waals surface area contributed by atoms with Crippen LogP contribution in [0.5, 0.6) is 0 Å². The van der Waals surface area contributed by atoms with Crippen molar-refractivity contribution < 1.29 is 18.3 Å². The Kier molecular flexibility index (Phi) is 9.64. The third-order valence-electron chi connectivity index (χ3n) is 6.37. The average molecular weight is 488 g/mol. The molecule has 2 atom stereocenters. The highest BCUT2D eigenvalue weighted by atomic mass is 32.2. The van der Waals surface area contributed by atoms with Gasteiger partial charge in [0.1, 0.15) is 0 Å². The lowest BCUT2D eigenvalue weighted by Crippen LogP contribution is -2.39. The summed E-state index contributed by atoms with van der Waals surface area (Å²) in [6.45, 7) is 4.36. The Balaban J connectivity index is 1.61. The number of aliphatic hydroxyl groups is 1. The second kappa shape index (κ2) is 12.4. The Morgan fingerprint density at radius 2 is 1.82 bits per heavy atom. The zero-order valence-electron chi connectivity index (χ0n) is 20.2. The predicted molar refractivity (Wildman–Crippen MR) is 135 cm³/mol. The molecule has 0 radical (unpaired) electrons. The molecule has 0 bridgehead atoms. The Morgan fingerprint density at radius 3 is 2.44 bits per heavy atom. The standard InChI is InChI=1S/C26H37N3O4S/c1-3-4-16-34(32,33)27-18-22-12-10-21(11-13-22)17-26(31)28(2)25(23-8-6-5-7-9-23)20-29-15-14-24(30)19-29/h5-13,24-25,27,30H,3-4,14-20H2,1-2H3. The van der Waals surface area contributed by atoms with E-state index in [0.29, 0.717) is 19.5 Å². The number of nitrogens with one attached hydrogen (secondary N) is 1. The molecule has 8 heteroatoms. The van der Waals surface area contributed by atoms with Gasteiger partial charge < -0.3 is 10.0 Å². The molecule has 0 spiro atoms. The lowest BCUT2D eigenvalue weighted by molar-refractivity contribution is -0.131. The maximum Gasteiger partial charge on any atom is 0.227 e. The quantitative estimate of drug-likeness (QED) is 0.481. The monoisotopic (exact) mass is 487 g/mol. The summed E-state index contributed by atoms with van der Waals surface area (Å²) in [4.78, 5) is 17.2. The lowest BCUT2D eigenvalue weighted by atomic mass is 10.0. The molecular weight excluding hydrogens is 450 g/mol. The van der Waals surface area contributed by atoms with E-state index in [0.717, 1.165) is 36.1 Å². The van der Waals surface area contributed by atoms with Gasteiger partial charge in [-0.3, -0.25) is 9.69 Å². The Hall–Kier alpha value is -2.26. The van der Waals surface area contributed by atoms with E-state index in [9.17, 15) is 18.3 Å². The predicted octanol–water partition coefficient (Wildman–Crippen LogP) is 2.71. The molecule has 2 aromatic carbocycles. The minimum absolute atomic E-state index is 0.0154. The number of likely N-dealkylation sites (tertiary alicyclic amines) is 1. The highest BCUT2D eigenvalue weighted by Gasteiger charge is 2.28. The Morgan fingerprint density at radius 1 is 1.15 bits per heavy atom. The first kappa shape index (κ1) is 26.3. The third kappa shape index (κ3) is 7.91. The fraction of sp³-hybridized carbons (Fsp3) is 0.500. The van der Waals surface area contributed by atoms with Crippen LogP contribution in [-0.2, 0) is 27.8 Å². The molecule has 0 saturated carbocycles. The zero-order chi connectivity index (χ0) is 24.6. The molecule has 1 heterocycles. The summed E-state index contributed by atoms with van der Waals surface area (Å²) in [5.74, 6) is 0.156. The summed E-state index contributed by atoms with van der Waals surface area (Å²) < 4.78 is 26.6. The lowest BCUT2D eigenvalue weighted by Gasteiger charge is -2.32. The van der Waals surface area contributed by atoms with Gasteiger partial charge in [0.05, 0.1) is 24.3 Å². The Labute approximate surface area is 203 Å². The van der Waals surface area contributed by atoms with E-state index in [-0.39, 0.29) is 36.8 Å². The molecule has 1 aliphatic heterocycles. The number of benzene rings is 2. The SMILES string of the molecule is CCCCS(=O)(=O)NCc1ccc(CC(=O)N(C)C(CN2CCC(O)C2)c2ccccc2)cc1. The van der Waals surface area contributed by atoms with Crippen molar-refractivity contribution in [3.8, 4) is 0 Å². The van der Waals surface area contributed by atoms with Crippen LogP contribution in [0.1, 0.15) is 48.9 Å². The van der Waals surface area contributed by atoms with Gasteiger partial charge in [-0.2, -0.15) is 0 Å². The van der Waals surface area contributed by atoms with Gasteiger partial charge >= 0.3 is 0 Å². The van der Waals surface area contributed by atoms with E-state index < -0.39 is 10.0 Å². The number of aliphatic hydroxyl groups excluding tert-OH is 1. The molecule has 2 unspecified atom stereocenters. The summed E-state index contributed by atoms with van der Waals surface area (Å²) in [7, 11) is -1.42. The number of rotatable bonds is 12. The van der Waals surface area contributed by atoms with Crippen molar-refractivity contribution in [2.24, 2.45) is 0 Å². The van der Waals surface area contributed by atoms with Crippen molar-refractivity contribution in [3.63, 3.8) is 0 Å². The number of hydrogen-bond acceptors (Lipinski definition) is 5. The van der Waals surface area contributed by atoms with Gasteiger partial charge in [0.15, 0.2) is 0 Å². The number of hydrogen-bond donors (Lipinski definition) is 2. The number of sulfonamides is 1. The summed E-state index contributed by atoms with van der Waals surface area (Å²) in [5, 5.41) is 9.91. The van der Waals surface area contributed by atoms with E-state index in [1.165, 1.54) is 0 Å². The van der Waals surface area contributed by atoms with Crippen molar-refractivity contribution >= 4 is 15.9 Å². The topological polar surface area (TPSA) is 90.0 Å². The summed E-state index contributed by atoms with van der Waals surface area (Å²) in [5.41, 5.74) is 2.82. The highest BCUT2D eigenvalue weighted by molar-refractivity contribution is 7.89. The number of β-amino-alcohol motifs (C(OH)–C–C–N with tert-alkyl or cyclic N) is 1. The molecular formula is C26H37N3O4S. The van der Waals surface area contributed by atoms with Crippen molar-refractivity contribution in [1.82, 2.24) is 14.5 Å². The second-order valence-corrected chi connectivity index (χ2v) is 11.0. The van der Waals surface area contributed by atoms with Crippen LogP contribution in [0.4, 0.5) is 0 Å². The normalized spacial score (nSPS) is 17.6. The van der Waals surface area contributed by atoms with E-state index in [1.54, 1.807) is 4.90 Å². The van der Waals surface area contributed by atoms with Gasteiger partial charge in [0, 0.05) is 33.2 Å². The molecule has 1 aliphatic rings. The van der Waals surface area contributed by atoms with Crippen molar-refractivity contribution in [3.05, 3.63) is 71.3 Å². The summed E-state index contributed by atoms with van der Waals surface area (Å²) in [6.07, 6.45) is 2.22. The molecule has 2 aromatic rings. The second-order valence-electron chi connectivity index (χ2n) is 9.12. The van der Waals surface area contributed by atoms with Crippen LogP contribution in [-0.4, -0.2) is 67.8 Å².